The van der Waals surface area contributed by atoms with Crippen molar-refractivity contribution in [2.45, 2.75) is 26.4 Å². The van der Waals surface area contributed by atoms with Crippen molar-refractivity contribution in [2.75, 3.05) is 0 Å². The van der Waals surface area contributed by atoms with E-state index in [4.69, 9.17) is 4.42 Å². The van der Waals surface area contributed by atoms with Gasteiger partial charge in [-0.15, -0.1) is 0 Å². The summed E-state index contributed by atoms with van der Waals surface area (Å²) in [5.74, 6) is 0.00251. The summed E-state index contributed by atoms with van der Waals surface area (Å²) in [5.41, 5.74) is 1.96. The molecule has 1 aromatic carbocycles. The van der Waals surface area contributed by atoms with Gasteiger partial charge in [-0.3, -0.25) is 9.59 Å². The standard InChI is InChI=1S/C19H19BrN4O3/c1-12(18(25)21-10-16-4-3-9-27-16)23-19(26)17-11-22-24(13(17)2)15-7-5-14(20)6-8-15/h3-9,11-12H,10H2,1-2H3,(H,21,25)(H,23,26). The number of aromatic nitrogens is 2. The molecular formula is C19H19BrN4O3. The lowest BCUT2D eigenvalue weighted by molar-refractivity contribution is -0.122. The van der Waals surface area contributed by atoms with Crippen LogP contribution >= 0.6 is 15.9 Å². The molecule has 0 aliphatic rings. The Morgan fingerprint density at radius 3 is 2.67 bits per heavy atom. The number of nitrogens with one attached hydrogen (secondary N) is 2. The minimum Gasteiger partial charge on any atom is -0.467 e. The predicted octanol–water partition coefficient (Wildman–Crippen LogP) is 2.97. The van der Waals surface area contributed by atoms with E-state index < -0.39 is 6.04 Å². The van der Waals surface area contributed by atoms with Gasteiger partial charge in [0.25, 0.3) is 5.91 Å². The highest BCUT2D eigenvalue weighted by atomic mass is 79.9. The lowest BCUT2D eigenvalue weighted by atomic mass is 10.2. The third kappa shape index (κ3) is 4.46. The van der Waals surface area contributed by atoms with Gasteiger partial charge in [0.15, 0.2) is 0 Å². The highest BCUT2D eigenvalue weighted by molar-refractivity contribution is 9.10. The van der Waals surface area contributed by atoms with Crippen LogP contribution in [0.25, 0.3) is 5.69 Å². The van der Waals surface area contributed by atoms with E-state index >= 15 is 0 Å². The molecule has 2 amide bonds. The molecule has 0 saturated carbocycles. The van der Waals surface area contributed by atoms with Crippen LogP contribution in [0.15, 0.2) is 57.7 Å². The Balaban J connectivity index is 1.63. The number of carbonyl (C=O) groups is 2. The van der Waals surface area contributed by atoms with Crippen molar-refractivity contribution < 1.29 is 14.0 Å². The van der Waals surface area contributed by atoms with Crippen LogP contribution in [0, 0.1) is 6.92 Å². The molecule has 2 heterocycles. The molecule has 0 radical (unpaired) electrons. The Hall–Kier alpha value is -2.87. The van der Waals surface area contributed by atoms with Gasteiger partial charge in [0.2, 0.25) is 5.91 Å². The Morgan fingerprint density at radius 2 is 2.00 bits per heavy atom. The Morgan fingerprint density at radius 1 is 1.26 bits per heavy atom. The van der Waals surface area contributed by atoms with Crippen molar-refractivity contribution in [2.24, 2.45) is 0 Å². The molecule has 1 unspecified atom stereocenters. The van der Waals surface area contributed by atoms with Gasteiger partial charge in [-0.2, -0.15) is 5.10 Å². The second-order valence-electron chi connectivity index (χ2n) is 6.02. The molecule has 0 saturated heterocycles. The Labute approximate surface area is 164 Å². The van der Waals surface area contributed by atoms with E-state index in [0.717, 1.165) is 10.2 Å². The molecule has 0 aliphatic heterocycles. The number of amides is 2. The maximum absolute atomic E-state index is 12.5. The maximum atomic E-state index is 12.5. The van der Waals surface area contributed by atoms with Crippen LogP contribution in [0.3, 0.4) is 0 Å². The fraction of sp³-hybridized carbons (Fsp3) is 0.211. The monoisotopic (exact) mass is 430 g/mol. The van der Waals surface area contributed by atoms with Crippen molar-refractivity contribution in [1.29, 1.82) is 0 Å². The molecule has 27 heavy (non-hydrogen) atoms. The lowest BCUT2D eigenvalue weighted by Crippen LogP contribution is -2.44. The van der Waals surface area contributed by atoms with Crippen LogP contribution in [0.2, 0.25) is 0 Å². The Kier molecular flexibility index (Phi) is 5.75. The van der Waals surface area contributed by atoms with Crippen molar-refractivity contribution in [3.8, 4) is 5.69 Å². The summed E-state index contributed by atoms with van der Waals surface area (Å²) < 4.78 is 7.81. The number of hydrogen-bond donors (Lipinski definition) is 2. The molecule has 2 N–H and O–H groups in total. The zero-order valence-corrected chi connectivity index (χ0v) is 16.5. The topological polar surface area (TPSA) is 89.2 Å². The summed E-state index contributed by atoms with van der Waals surface area (Å²) in [6.07, 6.45) is 3.04. The number of benzene rings is 1. The number of nitrogens with zero attached hydrogens (tertiary/aromatic N) is 2. The average molecular weight is 431 g/mol. The molecule has 0 bridgehead atoms. The van der Waals surface area contributed by atoms with Crippen LogP contribution < -0.4 is 10.6 Å². The third-order valence-corrected chi connectivity index (χ3v) is 4.61. The number of furan rings is 1. The third-order valence-electron chi connectivity index (χ3n) is 4.08. The molecule has 7 nitrogen and oxygen atoms in total. The van der Waals surface area contributed by atoms with Crippen molar-refractivity contribution in [3.63, 3.8) is 0 Å². The second-order valence-corrected chi connectivity index (χ2v) is 6.94. The summed E-state index contributed by atoms with van der Waals surface area (Å²) in [6.45, 7) is 3.71. The van der Waals surface area contributed by atoms with E-state index in [1.165, 1.54) is 6.20 Å². The summed E-state index contributed by atoms with van der Waals surface area (Å²) >= 11 is 3.39. The number of halogens is 1. The fourth-order valence-electron chi connectivity index (χ4n) is 2.56. The van der Waals surface area contributed by atoms with Crippen molar-refractivity contribution >= 4 is 27.7 Å². The molecule has 2 aromatic heterocycles. The first-order chi connectivity index (χ1) is 13.0. The Bertz CT molecular complexity index is 933. The smallest absolute Gasteiger partial charge is 0.255 e. The highest BCUT2D eigenvalue weighted by Gasteiger charge is 2.20. The van der Waals surface area contributed by atoms with Gasteiger partial charge >= 0.3 is 0 Å². The van der Waals surface area contributed by atoms with E-state index in [-0.39, 0.29) is 18.4 Å². The number of rotatable bonds is 6. The SMILES string of the molecule is Cc1c(C(=O)NC(C)C(=O)NCc2ccco2)cnn1-c1ccc(Br)cc1. The first kappa shape index (κ1) is 18.9. The molecule has 3 rings (SSSR count). The summed E-state index contributed by atoms with van der Waals surface area (Å²) in [6, 6.07) is 10.4. The predicted molar refractivity (Wildman–Crippen MR) is 103 cm³/mol. The largest absolute Gasteiger partial charge is 0.467 e. The van der Waals surface area contributed by atoms with E-state index in [1.54, 1.807) is 30.0 Å². The van der Waals surface area contributed by atoms with Gasteiger partial charge in [-0.1, -0.05) is 15.9 Å². The normalized spacial score (nSPS) is 11.8. The zero-order chi connectivity index (χ0) is 19.4. The van der Waals surface area contributed by atoms with Gasteiger partial charge in [0.1, 0.15) is 11.8 Å². The van der Waals surface area contributed by atoms with Crippen LogP contribution in [0.4, 0.5) is 0 Å². The number of hydrogen-bond acceptors (Lipinski definition) is 4. The quantitative estimate of drug-likeness (QED) is 0.628. The van der Waals surface area contributed by atoms with Crippen molar-refractivity contribution in [3.05, 3.63) is 70.3 Å². The highest BCUT2D eigenvalue weighted by Crippen LogP contribution is 2.17. The van der Waals surface area contributed by atoms with Gasteiger partial charge in [-0.05, 0) is 50.2 Å². The van der Waals surface area contributed by atoms with Crippen LogP contribution in [0.5, 0.6) is 0 Å². The van der Waals surface area contributed by atoms with Crippen molar-refractivity contribution in [1.82, 2.24) is 20.4 Å². The zero-order valence-electron chi connectivity index (χ0n) is 14.9. The minimum atomic E-state index is -0.692. The van der Waals surface area contributed by atoms with Crippen LogP contribution in [-0.4, -0.2) is 27.6 Å². The molecule has 1 atom stereocenters. The molecule has 8 heteroatoms. The fourth-order valence-corrected chi connectivity index (χ4v) is 2.82. The second kappa shape index (κ2) is 8.22. The molecule has 140 valence electrons. The molecule has 3 aromatic rings. The molecule has 0 fully saturated rings. The summed E-state index contributed by atoms with van der Waals surface area (Å²) in [4.78, 5) is 24.7. The van der Waals surface area contributed by atoms with E-state index in [1.807, 2.05) is 31.2 Å². The van der Waals surface area contributed by atoms with Crippen LogP contribution in [-0.2, 0) is 11.3 Å². The minimum absolute atomic E-state index is 0.270. The van der Waals surface area contributed by atoms with Gasteiger partial charge < -0.3 is 15.1 Å². The summed E-state index contributed by atoms with van der Waals surface area (Å²) in [7, 11) is 0. The summed E-state index contributed by atoms with van der Waals surface area (Å²) in [5, 5.41) is 9.70. The first-order valence-corrected chi connectivity index (χ1v) is 9.16. The van der Waals surface area contributed by atoms with E-state index in [0.29, 0.717) is 17.0 Å². The molecule has 0 aliphatic carbocycles. The maximum Gasteiger partial charge on any atom is 0.255 e. The van der Waals surface area contributed by atoms with Crippen LogP contribution in [0.1, 0.15) is 28.7 Å². The lowest BCUT2D eigenvalue weighted by Gasteiger charge is -2.13. The molecule has 0 spiro atoms. The van der Waals surface area contributed by atoms with E-state index in [9.17, 15) is 9.59 Å². The van der Waals surface area contributed by atoms with Gasteiger partial charge in [0, 0.05) is 4.47 Å². The van der Waals surface area contributed by atoms with Gasteiger partial charge in [-0.25, -0.2) is 4.68 Å². The number of carbonyl (C=O) groups excluding carboxylic acids is 2. The average Bonchev–Trinajstić information content (AvgIpc) is 3.30. The first-order valence-electron chi connectivity index (χ1n) is 8.37. The van der Waals surface area contributed by atoms with Gasteiger partial charge in [0.05, 0.1) is 35.9 Å². The molecular weight excluding hydrogens is 412 g/mol. The van der Waals surface area contributed by atoms with E-state index in [2.05, 4.69) is 31.7 Å².